The minimum Gasteiger partial charge on any atom is -0.381 e. The maximum absolute atomic E-state index is 5.42. The summed E-state index contributed by atoms with van der Waals surface area (Å²) in [6, 6.07) is 16.2. The molecule has 96 valence electrons. The van der Waals surface area contributed by atoms with Crippen molar-refractivity contribution in [2.75, 3.05) is 5.32 Å². The second-order valence-electron chi connectivity index (χ2n) is 4.59. The number of aromatic nitrogens is 1. The first kappa shape index (κ1) is 12.3. The molecule has 0 fully saturated rings. The second-order valence-corrected chi connectivity index (χ2v) is 4.59. The summed E-state index contributed by atoms with van der Waals surface area (Å²) in [7, 11) is 0. The van der Waals surface area contributed by atoms with Crippen molar-refractivity contribution >= 4 is 16.5 Å². The Balaban J connectivity index is 1.85. The monoisotopic (exact) mass is 258 g/mol. The van der Waals surface area contributed by atoms with Crippen molar-refractivity contribution in [3.8, 4) is 12.3 Å². The molecule has 0 bridgehead atoms. The molecule has 3 rings (SSSR count). The number of hydrogen-bond donors (Lipinski definition) is 1. The van der Waals surface area contributed by atoms with Crippen LogP contribution in [0.4, 0.5) is 5.69 Å². The Kier molecular flexibility index (Phi) is 3.34. The molecule has 2 nitrogen and oxygen atoms in total. The number of nitrogens with one attached hydrogen (secondary N) is 1. The molecular weight excluding hydrogens is 244 g/mol. The van der Waals surface area contributed by atoms with Gasteiger partial charge >= 0.3 is 0 Å². The highest BCUT2D eigenvalue weighted by Gasteiger charge is 2.00. The number of nitrogens with zero attached hydrogens (tertiary/aromatic N) is 1. The third kappa shape index (κ3) is 2.48. The molecule has 2 heteroatoms. The van der Waals surface area contributed by atoms with E-state index < -0.39 is 0 Å². The van der Waals surface area contributed by atoms with Crippen LogP contribution in [0.25, 0.3) is 10.8 Å². The predicted octanol–water partition coefficient (Wildman–Crippen LogP) is 3.83. The van der Waals surface area contributed by atoms with Gasteiger partial charge in [0.2, 0.25) is 0 Å². The molecule has 2 aromatic carbocycles. The predicted molar refractivity (Wildman–Crippen MR) is 83.4 cm³/mol. The van der Waals surface area contributed by atoms with E-state index in [1.165, 1.54) is 10.9 Å². The van der Waals surface area contributed by atoms with Crippen molar-refractivity contribution in [1.82, 2.24) is 4.98 Å². The van der Waals surface area contributed by atoms with E-state index in [2.05, 4.69) is 34.4 Å². The minimum atomic E-state index is 0.759. The lowest BCUT2D eigenvalue weighted by molar-refractivity contribution is 1.16. The molecular formula is C18H14N2. The summed E-state index contributed by atoms with van der Waals surface area (Å²) in [5, 5.41) is 5.79. The van der Waals surface area contributed by atoms with E-state index in [0.29, 0.717) is 0 Å². The molecule has 0 radical (unpaired) electrons. The lowest BCUT2D eigenvalue weighted by Gasteiger charge is -2.09. The maximum atomic E-state index is 5.42. The first-order valence-electron chi connectivity index (χ1n) is 6.49. The summed E-state index contributed by atoms with van der Waals surface area (Å²) in [4.78, 5) is 4.15. The van der Waals surface area contributed by atoms with Crippen LogP contribution in [-0.2, 0) is 6.54 Å². The van der Waals surface area contributed by atoms with Gasteiger partial charge in [0.25, 0.3) is 0 Å². The molecule has 0 aliphatic rings. The standard InChI is InChI=1S/C18H14N2/c1-2-14-5-3-8-17(11-14)20-13-16-7-4-6-15-12-19-10-9-18(15)16/h1,3-12,20H,13H2. The summed E-state index contributed by atoms with van der Waals surface area (Å²) in [5.74, 6) is 2.65. The third-order valence-corrected chi connectivity index (χ3v) is 3.28. The van der Waals surface area contributed by atoms with E-state index in [4.69, 9.17) is 6.42 Å². The van der Waals surface area contributed by atoms with Crippen LogP contribution >= 0.6 is 0 Å². The lowest BCUT2D eigenvalue weighted by atomic mass is 10.1. The van der Waals surface area contributed by atoms with Crippen LogP contribution in [-0.4, -0.2) is 4.98 Å². The van der Waals surface area contributed by atoms with Gasteiger partial charge in [-0.3, -0.25) is 4.98 Å². The largest absolute Gasteiger partial charge is 0.381 e. The molecule has 1 N–H and O–H groups in total. The Morgan fingerprint density at radius 1 is 1.10 bits per heavy atom. The maximum Gasteiger partial charge on any atom is 0.0406 e. The van der Waals surface area contributed by atoms with Crippen molar-refractivity contribution < 1.29 is 0 Å². The van der Waals surface area contributed by atoms with Crippen LogP contribution in [0.15, 0.2) is 60.9 Å². The Bertz CT molecular complexity index is 779. The van der Waals surface area contributed by atoms with Gasteiger partial charge in [0.05, 0.1) is 0 Å². The highest BCUT2D eigenvalue weighted by Crippen LogP contribution is 2.19. The summed E-state index contributed by atoms with van der Waals surface area (Å²) in [5.41, 5.74) is 3.17. The number of hydrogen-bond acceptors (Lipinski definition) is 2. The molecule has 0 spiro atoms. The molecule has 1 aromatic heterocycles. The van der Waals surface area contributed by atoms with Crippen molar-refractivity contribution in [2.45, 2.75) is 6.54 Å². The van der Waals surface area contributed by atoms with Gasteiger partial charge in [-0.05, 0) is 35.2 Å². The Morgan fingerprint density at radius 2 is 2.00 bits per heavy atom. The van der Waals surface area contributed by atoms with E-state index in [1.54, 1.807) is 0 Å². The number of anilines is 1. The van der Waals surface area contributed by atoms with Gasteiger partial charge in [0.1, 0.15) is 0 Å². The third-order valence-electron chi connectivity index (χ3n) is 3.28. The number of pyridine rings is 1. The van der Waals surface area contributed by atoms with Gasteiger partial charge < -0.3 is 5.32 Å². The van der Waals surface area contributed by atoms with Crippen LogP contribution in [0.1, 0.15) is 11.1 Å². The number of benzene rings is 2. The van der Waals surface area contributed by atoms with Crippen molar-refractivity contribution in [2.24, 2.45) is 0 Å². The second kappa shape index (κ2) is 5.46. The molecule has 0 aliphatic heterocycles. The topological polar surface area (TPSA) is 24.9 Å². The smallest absolute Gasteiger partial charge is 0.0406 e. The van der Waals surface area contributed by atoms with Gasteiger partial charge in [-0.2, -0.15) is 0 Å². The van der Waals surface area contributed by atoms with Crippen molar-refractivity contribution in [1.29, 1.82) is 0 Å². The lowest BCUT2D eigenvalue weighted by Crippen LogP contribution is -2.00. The average molecular weight is 258 g/mol. The highest BCUT2D eigenvalue weighted by atomic mass is 14.9. The quantitative estimate of drug-likeness (QED) is 0.722. The average Bonchev–Trinajstić information content (AvgIpc) is 2.53. The summed E-state index contributed by atoms with van der Waals surface area (Å²) in [6.45, 7) is 0.759. The number of fused-ring (bicyclic) bond motifs is 1. The van der Waals surface area contributed by atoms with Gasteiger partial charge in [-0.15, -0.1) is 6.42 Å². The Hall–Kier alpha value is -2.79. The zero-order chi connectivity index (χ0) is 13.8. The zero-order valence-electron chi connectivity index (χ0n) is 11.0. The van der Waals surface area contributed by atoms with Crippen LogP contribution < -0.4 is 5.32 Å². The van der Waals surface area contributed by atoms with Crippen LogP contribution in [0, 0.1) is 12.3 Å². The van der Waals surface area contributed by atoms with Gasteiger partial charge in [0, 0.05) is 35.6 Å². The Labute approximate surface area is 118 Å². The van der Waals surface area contributed by atoms with E-state index in [0.717, 1.165) is 23.2 Å². The van der Waals surface area contributed by atoms with Gasteiger partial charge in [-0.25, -0.2) is 0 Å². The fourth-order valence-electron chi connectivity index (χ4n) is 2.26. The van der Waals surface area contributed by atoms with Gasteiger partial charge in [-0.1, -0.05) is 30.2 Å². The summed E-state index contributed by atoms with van der Waals surface area (Å²) >= 11 is 0. The minimum absolute atomic E-state index is 0.759. The van der Waals surface area contributed by atoms with E-state index in [9.17, 15) is 0 Å². The normalized spacial score (nSPS) is 10.2. The van der Waals surface area contributed by atoms with Crippen molar-refractivity contribution in [3.63, 3.8) is 0 Å². The molecule has 20 heavy (non-hydrogen) atoms. The SMILES string of the molecule is C#Cc1cccc(NCc2cccc3cnccc23)c1. The fraction of sp³-hybridized carbons (Fsp3) is 0.0556. The molecule has 3 aromatic rings. The van der Waals surface area contributed by atoms with Crippen LogP contribution in [0.5, 0.6) is 0 Å². The fourth-order valence-corrected chi connectivity index (χ4v) is 2.26. The summed E-state index contributed by atoms with van der Waals surface area (Å²) < 4.78 is 0. The van der Waals surface area contributed by atoms with Crippen molar-refractivity contribution in [3.05, 3.63) is 72.1 Å². The molecule has 1 heterocycles. The number of terminal acetylenes is 1. The molecule has 0 saturated carbocycles. The van der Waals surface area contributed by atoms with E-state index in [-0.39, 0.29) is 0 Å². The zero-order valence-corrected chi connectivity index (χ0v) is 11.0. The molecule has 0 aliphatic carbocycles. The number of rotatable bonds is 3. The Morgan fingerprint density at radius 3 is 2.90 bits per heavy atom. The van der Waals surface area contributed by atoms with Crippen LogP contribution in [0.2, 0.25) is 0 Å². The molecule has 0 unspecified atom stereocenters. The van der Waals surface area contributed by atoms with E-state index in [1.807, 2.05) is 42.7 Å². The first-order chi connectivity index (χ1) is 9.86. The molecule has 0 atom stereocenters. The first-order valence-corrected chi connectivity index (χ1v) is 6.49. The van der Waals surface area contributed by atoms with Crippen LogP contribution in [0.3, 0.4) is 0 Å². The highest BCUT2D eigenvalue weighted by molar-refractivity contribution is 5.84. The molecule has 0 saturated heterocycles. The van der Waals surface area contributed by atoms with Gasteiger partial charge in [0.15, 0.2) is 0 Å². The van der Waals surface area contributed by atoms with E-state index >= 15 is 0 Å². The molecule has 0 amide bonds. The summed E-state index contributed by atoms with van der Waals surface area (Å²) in [6.07, 6.45) is 9.13.